The zero-order valence-corrected chi connectivity index (χ0v) is 18.7. The first kappa shape index (κ1) is 19.2. The maximum atomic E-state index is 12.6. The van der Waals surface area contributed by atoms with E-state index < -0.39 is 0 Å². The fourth-order valence-corrected chi connectivity index (χ4v) is 5.76. The smallest absolute Gasteiger partial charge is 0.307 e. The van der Waals surface area contributed by atoms with Gasteiger partial charge in [0.05, 0.1) is 33.9 Å². The molecule has 9 heteroatoms. The molecule has 0 aliphatic carbocycles. The molecule has 3 aromatic heterocycles. The summed E-state index contributed by atoms with van der Waals surface area (Å²) in [7, 11) is 3.62. The second-order valence-electron chi connectivity index (χ2n) is 8.96. The zero-order chi connectivity index (χ0) is 22.0. The van der Waals surface area contributed by atoms with E-state index in [1.54, 1.807) is 28.7 Å². The fraction of sp³-hybridized carbons (Fsp3) is 0.304. The van der Waals surface area contributed by atoms with Gasteiger partial charge >= 0.3 is 4.87 Å². The van der Waals surface area contributed by atoms with Gasteiger partial charge in [-0.1, -0.05) is 17.4 Å². The highest BCUT2D eigenvalue weighted by Gasteiger charge is 2.53. The van der Waals surface area contributed by atoms with Gasteiger partial charge in [0, 0.05) is 63.6 Å². The van der Waals surface area contributed by atoms with E-state index in [1.165, 1.54) is 11.3 Å². The molecule has 6 rings (SSSR count). The third kappa shape index (κ3) is 2.96. The molecule has 1 aromatic carbocycles. The third-order valence-electron chi connectivity index (χ3n) is 6.56. The lowest BCUT2D eigenvalue weighted by atomic mass is 9.72. The molecule has 2 aliphatic rings. The number of aromatic nitrogens is 4. The van der Waals surface area contributed by atoms with Gasteiger partial charge in [-0.05, 0) is 23.8 Å². The van der Waals surface area contributed by atoms with Crippen molar-refractivity contribution in [3.63, 3.8) is 0 Å². The van der Waals surface area contributed by atoms with Gasteiger partial charge in [0.2, 0.25) is 0 Å². The summed E-state index contributed by atoms with van der Waals surface area (Å²) in [6, 6.07) is 8.26. The van der Waals surface area contributed by atoms with E-state index in [4.69, 9.17) is 0 Å². The Morgan fingerprint density at radius 3 is 2.59 bits per heavy atom. The van der Waals surface area contributed by atoms with Gasteiger partial charge in [0.15, 0.2) is 0 Å². The molecule has 4 aromatic rings. The number of thiazole rings is 1. The van der Waals surface area contributed by atoms with Crippen molar-refractivity contribution in [3.8, 4) is 11.1 Å². The van der Waals surface area contributed by atoms with Crippen LogP contribution in [0.3, 0.4) is 0 Å². The normalized spacial score (nSPS) is 16.9. The van der Waals surface area contributed by atoms with E-state index in [-0.39, 0.29) is 16.2 Å². The molecule has 1 amide bonds. The van der Waals surface area contributed by atoms with Crippen LogP contribution in [0.15, 0.2) is 53.8 Å². The molecule has 0 unspecified atom stereocenters. The minimum absolute atomic E-state index is 0.0476. The summed E-state index contributed by atoms with van der Waals surface area (Å²) in [6.45, 7) is 3.42. The lowest BCUT2D eigenvalue weighted by molar-refractivity contribution is -0.0105. The monoisotopic (exact) mass is 446 g/mol. The van der Waals surface area contributed by atoms with E-state index in [0.29, 0.717) is 5.56 Å². The van der Waals surface area contributed by atoms with Crippen molar-refractivity contribution in [2.45, 2.75) is 0 Å². The van der Waals surface area contributed by atoms with Crippen molar-refractivity contribution in [2.24, 2.45) is 19.5 Å². The van der Waals surface area contributed by atoms with Crippen LogP contribution in [0.5, 0.6) is 0 Å². The Kier molecular flexibility index (Phi) is 4.07. The van der Waals surface area contributed by atoms with Crippen molar-refractivity contribution in [3.05, 3.63) is 64.3 Å². The molecule has 8 nitrogen and oxygen atoms in total. The fourth-order valence-electron chi connectivity index (χ4n) is 4.84. The van der Waals surface area contributed by atoms with Crippen LogP contribution in [-0.2, 0) is 14.1 Å². The van der Waals surface area contributed by atoms with Gasteiger partial charge in [-0.25, -0.2) is 0 Å². The molecular formula is C23H22N6O2S. The number of rotatable bonds is 3. The topological polar surface area (TPSA) is 76.3 Å². The van der Waals surface area contributed by atoms with Crippen molar-refractivity contribution < 1.29 is 4.79 Å². The number of amides is 1. The van der Waals surface area contributed by atoms with Crippen molar-refractivity contribution in [2.75, 3.05) is 31.1 Å². The number of likely N-dealkylation sites (tertiary alicyclic amines) is 1. The van der Waals surface area contributed by atoms with E-state index >= 15 is 0 Å². The predicted molar refractivity (Wildman–Crippen MR) is 124 cm³/mol. The molecule has 0 radical (unpaired) electrons. The molecule has 0 saturated carbocycles. The molecule has 0 N–H and O–H groups in total. The average molecular weight is 447 g/mol. The third-order valence-corrected chi connectivity index (χ3v) is 7.55. The van der Waals surface area contributed by atoms with Crippen molar-refractivity contribution in [1.82, 2.24) is 24.2 Å². The Bertz CT molecular complexity index is 1420. The molecule has 0 bridgehead atoms. The lowest BCUT2D eigenvalue weighted by Gasteiger charge is -2.60. The Morgan fingerprint density at radius 2 is 1.84 bits per heavy atom. The number of fused-ring (bicyclic) bond motifs is 1. The molecular weight excluding hydrogens is 424 g/mol. The number of carbonyl (C=O) groups excluding carboxylic acids is 1. The molecule has 1 spiro atoms. The molecule has 32 heavy (non-hydrogen) atoms. The van der Waals surface area contributed by atoms with Crippen molar-refractivity contribution in [1.29, 1.82) is 0 Å². The van der Waals surface area contributed by atoms with Crippen LogP contribution in [0, 0.1) is 5.41 Å². The lowest BCUT2D eigenvalue weighted by Crippen LogP contribution is -2.73. The van der Waals surface area contributed by atoms with Gasteiger partial charge in [-0.3, -0.25) is 19.3 Å². The summed E-state index contributed by atoms with van der Waals surface area (Å²) in [5.74, 6) is 0.0597. The summed E-state index contributed by atoms with van der Waals surface area (Å²) in [6.07, 6.45) is 7.16. The SMILES string of the molecule is Cn1cc(C(=O)N2CC3(C2)CN(c2cncc(-c4ccc5c(c4)sc(=O)n5C)c2)C3)cn1. The molecule has 0 atom stereocenters. The highest BCUT2D eigenvalue weighted by Crippen LogP contribution is 2.42. The number of carbonyl (C=O) groups is 1. The van der Waals surface area contributed by atoms with Gasteiger partial charge in [0.1, 0.15) is 0 Å². The minimum Gasteiger partial charge on any atom is -0.369 e. The summed E-state index contributed by atoms with van der Waals surface area (Å²) >= 11 is 1.27. The summed E-state index contributed by atoms with van der Waals surface area (Å²) in [5, 5.41) is 4.09. The number of aryl methyl sites for hydroxylation is 2. The Labute approximate surface area is 188 Å². The Morgan fingerprint density at radius 1 is 1.03 bits per heavy atom. The van der Waals surface area contributed by atoms with Crippen LogP contribution in [0.1, 0.15) is 10.4 Å². The van der Waals surface area contributed by atoms with Gasteiger partial charge in [-0.15, -0.1) is 0 Å². The maximum Gasteiger partial charge on any atom is 0.307 e. The van der Waals surface area contributed by atoms with Gasteiger partial charge in [-0.2, -0.15) is 5.10 Å². The highest BCUT2D eigenvalue weighted by atomic mass is 32.1. The standard InChI is InChI=1S/C23H22N6O2S/c1-26-10-17(8-25-26)21(30)29-13-23(14-29)11-28(12-23)18-5-16(7-24-9-18)15-3-4-19-20(6-15)32-22(31)27(19)2/h3-10H,11-14H2,1-2H3. The number of anilines is 1. The van der Waals surface area contributed by atoms with Crippen LogP contribution < -0.4 is 9.77 Å². The number of hydrogen-bond donors (Lipinski definition) is 0. The molecule has 162 valence electrons. The number of pyridine rings is 1. The maximum absolute atomic E-state index is 12.6. The first-order valence-electron chi connectivity index (χ1n) is 10.5. The van der Waals surface area contributed by atoms with E-state index in [2.05, 4.69) is 27.1 Å². The highest BCUT2D eigenvalue weighted by molar-refractivity contribution is 7.16. The van der Waals surface area contributed by atoms with Crippen molar-refractivity contribution >= 4 is 33.1 Å². The van der Waals surface area contributed by atoms with Gasteiger partial charge in [0.25, 0.3) is 5.91 Å². The number of benzene rings is 1. The van der Waals surface area contributed by atoms with Gasteiger partial charge < -0.3 is 14.4 Å². The molecule has 5 heterocycles. The van der Waals surface area contributed by atoms with Crippen LogP contribution in [0.25, 0.3) is 21.3 Å². The number of nitrogens with zero attached hydrogens (tertiary/aromatic N) is 6. The Hall–Kier alpha value is -3.46. The first-order valence-corrected chi connectivity index (χ1v) is 11.3. The zero-order valence-electron chi connectivity index (χ0n) is 17.9. The summed E-state index contributed by atoms with van der Waals surface area (Å²) in [5.41, 5.74) is 4.97. The van der Waals surface area contributed by atoms with Crippen LogP contribution in [-0.4, -0.2) is 56.3 Å². The van der Waals surface area contributed by atoms with Crippen LogP contribution in [0.4, 0.5) is 5.69 Å². The quantitative estimate of drug-likeness (QED) is 0.483. The van der Waals surface area contributed by atoms with E-state index in [1.807, 2.05) is 36.5 Å². The molecule has 2 saturated heterocycles. The van der Waals surface area contributed by atoms with E-state index in [9.17, 15) is 9.59 Å². The minimum atomic E-state index is 0.0476. The van der Waals surface area contributed by atoms with E-state index in [0.717, 1.165) is 53.2 Å². The molecule has 2 fully saturated rings. The average Bonchev–Trinajstić information content (AvgIpc) is 3.29. The Balaban J connectivity index is 1.15. The molecule has 2 aliphatic heterocycles. The summed E-state index contributed by atoms with van der Waals surface area (Å²) in [4.78, 5) is 33.3. The second kappa shape index (κ2) is 6.77. The van der Waals surface area contributed by atoms with Crippen LogP contribution >= 0.6 is 11.3 Å². The number of hydrogen-bond acceptors (Lipinski definition) is 6. The van der Waals surface area contributed by atoms with Crippen LogP contribution in [0.2, 0.25) is 0 Å². The first-order chi connectivity index (χ1) is 15.4. The largest absolute Gasteiger partial charge is 0.369 e. The second-order valence-corrected chi connectivity index (χ2v) is 9.95. The predicted octanol–water partition coefficient (Wildman–Crippen LogP) is 2.36. The summed E-state index contributed by atoms with van der Waals surface area (Å²) < 4.78 is 4.32.